The van der Waals surface area contributed by atoms with Gasteiger partial charge in [0.15, 0.2) is 0 Å². The van der Waals surface area contributed by atoms with Gasteiger partial charge >= 0.3 is 12.0 Å². The second-order valence-corrected chi connectivity index (χ2v) is 5.95. The molecule has 1 heterocycles. The average Bonchev–Trinajstić information content (AvgIpc) is 2.41. The molecule has 0 atom stereocenters. The Balaban J connectivity index is 2.02. The van der Waals surface area contributed by atoms with E-state index >= 15 is 0 Å². The van der Waals surface area contributed by atoms with Crippen LogP contribution in [0.4, 0.5) is 10.5 Å². The third-order valence-corrected chi connectivity index (χ3v) is 4.18. The number of benzene rings is 1. The van der Waals surface area contributed by atoms with Crippen molar-refractivity contribution in [3.05, 3.63) is 28.2 Å². The van der Waals surface area contributed by atoms with Crippen LogP contribution in [0.1, 0.15) is 30.1 Å². The number of nitrogens with zero attached hydrogens (tertiary/aromatic N) is 1. The van der Waals surface area contributed by atoms with Crippen LogP contribution in [0, 0.1) is 5.92 Å². The molecule has 0 bridgehead atoms. The van der Waals surface area contributed by atoms with Gasteiger partial charge in [0.1, 0.15) is 0 Å². The standard InChI is InChI=1S/C14H17BrN2O3/c1-9-4-6-17(7-5-9)14(20)16-12-3-2-10(13(18)19)8-11(12)15/h2-3,8-9H,4-7H2,1H3,(H,16,20)(H,18,19). The first kappa shape index (κ1) is 14.8. The SMILES string of the molecule is CC1CCN(C(=O)Nc2ccc(C(=O)O)cc2Br)CC1. The van der Waals surface area contributed by atoms with E-state index < -0.39 is 5.97 Å². The number of carbonyl (C=O) groups excluding carboxylic acids is 1. The van der Waals surface area contributed by atoms with E-state index in [1.165, 1.54) is 12.1 Å². The van der Waals surface area contributed by atoms with Crippen LogP contribution in [0.25, 0.3) is 0 Å². The van der Waals surface area contributed by atoms with Gasteiger partial charge in [-0.1, -0.05) is 6.92 Å². The summed E-state index contributed by atoms with van der Waals surface area (Å²) in [5.74, 6) is -0.325. The van der Waals surface area contributed by atoms with Gasteiger partial charge in [-0.3, -0.25) is 0 Å². The summed E-state index contributed by atoms with van der Waals surface area (Å²) in [5.41, 5.74) is 0.764. The van der Waals surface area contributed by atoms with Gasteiger partial charge < -0.3 is 15.3 Å². The van der Waals surface area contributed by atoms with Crippen LogP contribution in [-0.2, 0) is 0 Å². The molecule has 20 heavy (non-hydrogen) atoms. The minimum absolute atomic E-state index is 0.138. The lowest BCUT2D eigenvalue weighted by atomic mass is 10.00. The van der Waals surface area contributed by atoms with Crippen molar-refractivity contribution in [2.45, 2.75) is 19.8 Å². The molecule has 108 valence electrons. The fraction of sp³-hybridized carbons (Fsp3) is 0.429. The Morgan fingerprint density at radius 1 is 1.35 bits per heavy atom. The van der Waals surface area contributed by atoms with Crippen molar-refractivity contribution in [2.24, 2.45) is 5.92 Å². The number of carboxylic acid groups (broad SMARTS) is 1. The molecule has 0 radical (unpaired) electrons. The number of likely N-dealkylation sites (tertiary alicyclic amines) is 1. The molecule has 0 saturated carbocycles. The van der Waals surface area contributed by atoms with Crippen LogP contribution in [0.2, 0.25) is 0 Å². The number of rotatable bonds is 2. The zero-order valence-electron chi connectivity index (χ0n) is 11.2. The molecule has 1 aliphatic heterocycles. The number of anilines is 1. The van der Waals surface area contributed by atoms with E-state index in [9.17, 15) is 9.59 Å². The Kier molecular flexibility index (Phi) is 4.65. The van der Waals surface area contributed by atoms with Crippen LogP contribution >= 0.6 is 15.9 Å². The van der Waals surface area contributed by atoms with Crippen LogP contribution in [0.3, 0.4) is 0 Å². The van der Waals surface area contributed by atoms with Crippen molar-refractivity contribution in [1.82, 2.24) is 4.90 Å². The Labute approximate surface area is 126 Å². The molecule has 1 aromatic carbocycles. The Morgan fingerprint density at radius 3 is 2.55 bits per heavy atom. The fourth-order valence-corrected chi connectivity index (χ4v) is 2.63. The lowest BCUT2D eigenvalue weighted by Gasteiger charge is -2.30. The molecule has 6 heteroatoms. The second-order valence-electron chi connectivity index (χ2n) is 5.10. The Hall–Kier alpha value is -1.56. The number of urea groups is 1. The van der Waals surface area contributed by atoms with Gasteiger partial charge in [0.25, 0.3) is 0 Å². The number of nitrogens with one attached hydrogen (secondary N) is 1. The molecular weight excluding hydrogens is 324 g/mol. The van der Waals surface area contributed by atoms with Crippen molar-refractivity contribution in [1.29, 1.82) is 0 Å². The fourth-order valence-electron chi connectivity index (χ4n) is 2.16. The summed E-state index contributed by atoms with van der Waals surface area (Å²) in [7, 11) is 0. The van der Waals surface area contributed by atoms with Gasteiger partial charge in [-0.25, -0.2) is 9.59 Å². The first-order chi connectivity index (χ1) is 9.47. The topological polar surface area (TPSA) is 69.6 Å². The van der Waals surface area contributed by atoms with Crippen molar-refractivity contribution >= 4 is 33.6 Å². The quantitative estimate of drug-likeness (QED) is 0.866. The van der Waals surface area contributed by atoms with Gasteiger partial charge in [-0.05, 0) is 52.9 Å². The van der Waals surface area contributed by atoms with Gasteiger partial charge in [0.05, 0.1) is 11.3 Å². The maximum atomic E-state index is 12.1. The predicted molar refractivity (Wildman–Crippen MR) is 80.1 cm³/mol. The summed E-state index contributed by atoms with van der Waals surface area (Å²) in [4.78, 5) is 24.8. The van der Waals surface area contributed by atoms with E-state index in [1.54, 1.807) is 11.0 Å². The molecule has 2 N–H and O–H groups in total. The molecule has 0 aromatic heterocycles. The van der Waals surface area contributed by atoms with E-state index in [0.29, 0.717) is 16.1 Å². The number of carbonyl (C=O) groups is 2. The zero-order valence-corrected chi connectivity index (χ0v) is 12.8. The number of hydrogen-bond acceptors (Lipinski definition) is 2. The van der Waals surface area contributed by atoms with Crippen molar-refractivity contribution < 1.29 is 14.7 Å². The van der Waals surface area contributed by atoms with Gasteiger partial charge in [-0.2, -0.15) is 0 Å². The lowest BCUT2D eigenvalue weighted by Crippen LogP contribution is -2.40. The predicted octanol–water partition coefficient (Wildman–Crippen LogP) is 3.41. The number of piperidine rings is 1. The molecule has 2 rings (SSSR count). The zero-order chi connectivity index (χ0) is 14.7. The van der Waals surface area contributed by atoms with E-state index in [4.69, 9.17) is 5.11 Å². The van der Waals surface area contributed by atoms with E-state index in [0.717, 1.165) is 25.9 Å². The highest BCUT2D eigenvalue weighted by Crippen LogP contribution is 2.25. The molecule has 5 nitrogen and oxygen atoms in total. The Morgan fingerprint density at radius 2 is 2.00 bits per heavy atom. The number of carboxylic acids is 1. The average molecular weight is 341 g/mol. The molecule has 0 spiro atoms. The number of hydrogen-bond donors (Lipinski definition) is 2. The van der Waals surface area contributed by atoms with Crippen molar-refractivity contribution in [3.8, 4) is 0 Å². The molecule has 1 fully saturated rings. The van der Waals surface area contributed by atoms with Crippen molar-refractivity contribution in [3.63, 3.8) is 0 Å². The van der Waals surface area contributed by atoms with Gasteiger partial charge in [0, 0.05) is 17.6 Å². The summed E-state index contributed by atoms with van der Waals surface area (Å²) in [5, 5.41) is 11.7. The molecule has 0 unspecified atom stereocenters. The number of aromatic carboxylic acids is 1. The molecule has 1 saturated heterocycles. The van der Waals surface area contributed by atoms with Crippen LogP contribution in [-0.4, -0.2) is 35.1 Å². The summed E-state index contributed by atoms with van der Waals surface area (Å²) in [6.07, 6.45) is 2.04. The van der Waals surface area contributed by atoms with Crippen molar-refractivity contribution in [2.75, 3.05) is 18.4 Å². The van der Waals surface area contributed by atoms with Crippen LogP contribution < -0.4 is 5.32 Å². The minimum atomic E-state index is -0.992. The highest BCUT2D eigenvalue weighted by atomic mass is 79.9. The molecule has 1 aromatic rings. The monoisotopic (exact) mass is 340 g/mol. The summed E-state index contributed by atoms with van der Waals surface area (Å²) in [6.45, 7) is 3.71. The molecule has 0 aliphatic carbocycles. The van der Waals surface area contributed by atoms with E-state index in [1.807, 2.05) is 0 Å². The Bertz CT molecular complexity index is 525. The molecule has 2 amide bonds. The molecule has 1 aliphatic rings. The van der Waals surface area contributed by atoms with Crippen LogP contribution in [0.5, 0.6) is 0 Å². The van der Waals surface area contributed by atoms with E-state index in [-0.39, 0.29) is 11.6 Å². The summed E-state index contributed by atoms with van der Waals surface area (Å²) >= 11 is 3.28. The summed E-state index contributed by atoms with van der Waals surface area (Å²) in [6, 6.07) is 4.41. The highest BCUT2D eigenvalue weighted by molar-refractivity contribution is 9.10. The van der Waals surface area contributed by atoms with Crippen LogP contribution in [0.15, 0.2) is 22.7 Å². The first-order valence-corrected chi connectivity index (χ1v) is 7.35. The normalized spacial score (nSPS) is 16.0. The molecular formula is C14H17BrN2O3. The first-order valence-electron chi connectivity index (χ1n) is 6.56. The minimum Gasteiger partial charge on any atom is -0.478 e. The summed E-state index contributed by atoms with van der Waals surface area (Å²) < 4.78 is 0.566. The highest BCUT2D eigenvalue weighted by Gasteiger charge is 2.20. The van der Waals surface area contributed by atoms with E-state index in [2.05, 4.69) is 28.2 Å². The lowest BCUT2D eigenvalue weighted by molar-refractivity contribution is 0.0697. The van der Waals surface area contributed by atoms with Gasteiger partial charge in [0.2, 0.25) is 0 Å². The number of halogens is 1. The second kappa shape index (κ2) is 6.26. The largest absolute Gasteiger partial charge is 0.478 e. The smallest absolute Gasteiger partial charge is 0.335 e. The number of amides is 2. The third-order valence-electron chi connectivity index (χ3n) is 3.53. The maximum absolute atomic E-state index is 12.1. The maximum Gasteiger partial charge on any atom is 0.335 e. The third kappa shape index (κ3) is 3.50. The van der Waals surface area contributed by atoms with Gasteiger partial charge in [-0.15, -0.1) is 0 Å².